The molecule has 0 radical (unpaired) electrons. The van der Waals surface area contributed by atoms with E-state index < -0.39 is 11.8 Å². The molecule has 0 saturated heterocycles. The summed E-state index contributed by atoms with van der Waals surface area (Å²) in [5.41, 5.74) is -1.58. The maximum absolute atomic E-state index is 14.3. The average molecular weight is 200 g/mol. The van der Waals surface area contributed by atoms with Crippen LogP contribution in [0.2, 0.25) is 0 Å². The topological polar surface area (TPSA) is 40.5 Å². The smallest absolute Gasteiger partial charge is 0.137 e. The first-order valence-corrected chi connectivity index (χ1v) is 5.55. The first kappa shape index (κ1) is 9.10. The molecule has 0 aromatic rings. The van der Waals surface area contributed by atoms with Crippen molar-refractivity contribution in [2.75, 3.05) is 6.61 Å². The third-order valence-corrected chi connectivity index (χ3v) is 4.66. The number of alkyl halides is 1. The van der Waals surface area contributed by atoms with Crippen LogP contribution in [0.4, 0.5) is 4.39 Å². The van der Waals surface area contributed by atoms with Gasteiger partial charge in [0.15, 0.2) is 0 Å². The Labute approximate surface area is 83.1 Å². The molecule has 2 N–H and O–H groups in total. The first-order valence-electron chi connectivity index (χ1n) is 5.55. The lowest BCUT2D eigenvalue weighted by atomic mass is 9.47. The number of aliphatic hydroxyl groups excluding tert-OH is 2. The van der Waals surface area contributed by atoms with E-state index in [9.17, 15) is 14.6 Å². The van der Waals surface area contributed by atoms with Gasteiger partial charge in [0.2, 0.25) is 0 Å². The summed E-state index contributed by atoms with van der Waals surface area (Å²) in [6.07, 6.45) is 2.90. The molecule has 4 rings (SSSR count). The van der Waals surface area contributed by atoms with Gasteiger partial charge in [0.25, 0.3) is 0 Å². The van der Waals surface area contributed by atoms with Gasteiger partial charge in [-0.15, -0.1) is 0 Å². The zero-order chi connectivity index (χ0) is 9.97. The van der Waals surface area contributed by atoms with Crippen molar-refractivity contribution in [3.8, 4) is 0 Å². The molecule has 0 aromatic carbocycles. The molecule has 3 heteroatoms. The number of rotatable bonds is 1. The molecule has 0 aliphatic heterocycles. The summed E-state index contributed by atoms with van der Waals surface area (Å²) in [6, 6.07) is 0. The highest BCUT2D eigenvalue weighted by molar-refractivity contribution is 5.12. The van der Waals surface area contributed by atoms with Crippen LogP contribution in [0.25, 0.3) is 0 Å². The fraction of sp³-hybridized carbons (Fsp3) is 1.00. The normalized spacial score (nSPS) is 60.6. The summed E-state index contributed by atoms with van der Waals surface area (Å²) >= 11 is 0. The molecule has 4 bridgehead atoms. The minimum absolute atomic E-state index is 0.0956. The molecule has 1 unspecified atom stereocenters. The highest BCUT2D eigenvalue weighted by Gasteiger charge is 2.62. The van der Waals surface area contributed by atoms with Gasteiger partial charge in [0.05, 0.1) is 6.10 Å². The van der Waals surface area contributed by atoms with Crippen molar-refractivity contribution in [3.05, 3.63) is 0 Å². The lowest BCUT2D eigenvalue weighted by Gasteiger charge is -2.60. The van der Waals surface area contributed by atoms with Gasteiger partial charge in [-0.05, 0) is 49.4 Å². The maximum Gasteiger partial charge on any atom is 0.137 e. The Kier molecular flexibility index (Phi) is 1.63. The molecule has 4 saturated carbocycles. The maximum atomic E-state index is 14.3. The molecular formula is C11H17FO2. The summed E-state index contributed by atoms with van der Waals surface area (Å²) in [7, 11) is 0. The fourth-order valence-corrected chi connectivity index (χ4v) is 4.40. The van der Waals surface area contributed by atoms with Crippen LogP contribution < -0.4 is 0 Å². The van der Waals surface area contributed by atoms with Crippen LogP contribution in [-0.4, -0.2) is 28.6 Å². The Balaban J connectivity index is 1.98. The predicted octanol–water partition coefficient (Wildman–Crippen LogP) is 1.26. The summed E-state index contributed by atoms with van der Waals surface area (Å²) in [5, 5.41) is 19.2. The van der Waals surface area contributed by atoms with E-state index in [2.05, 4.69) is 0 Å². The first-order chi connectivity index (χ1) is 6.57. The van der Waals surface area contributed by atoms with Gasteiger partial charge >= 0.3 is 0 Å². The van der Waals surface area contributed by atoms with E-state index in [4.69, 9.17) is 0 Å². The standard InChI is InChI=1S/C11H17FO2/c12-11-3-7-1-8(9(11)14)4-10(2-7,5-11)6-13/h7-9,13-14H,1-6H2/t7-,8+,9?,10+,11+/m1/s1. The van der Waals surface area contributed by atoms with Gasteiger partial charge < -0.3 is 10.2 Å². The van der Waals surface area contributed by atoms with Crippen LogP contribution in [-0.2, 0) is 0 Å². The van der Waals surface area contributed by atoms with Crippen LogP contribution >= 0.6 is 0 Å². The fourth-order valence-electron chi connectivity index (χ4n) is 4.40. The van der Waals surface area contributed by atoms with Gasteiger partial charge in [0, 0.05) is 6.61 Å². The molecule has 4 aliphatic rings. The third kappa shape index (κ3) is 0.974. The number of aliphatic hydroxyl groups is 2. The molecule has 0 aromatic heterocycles. The zero-order valence-electron chi connectivity index (χ0n) is 8.25. The minimum Gasteiger partial charge on any atom is -0.396 e. The lowest BCUT2D eigenvalue weighted by molar-refractivity contribution is -0.206. The minimum atomic E-state index is -1.38. The van der Waals surface area contributed by atoms with Crippen molar-refractivity contribution < 1.29 is 14.6 Å². The summed E-state index contributed by atoms with van der Waals surface area (Å²) in [5.74, 6) is 0.511. The van der Waals surface area contributed by atoms with Crippen molar-refractivity contribution in [3.63, 3.8) is 0 Å². The molecule has 0 heterocycles. The van der Waals surface area contributed by atoms with Crippen molar-refractivity contribution in [1.82, 2.24) is 0 Å². The molecule has 4 aliphatic carbocycles. The van der Waals surface area contributed by atoms with Crippen molar-refractivity contribution >= 4 is 0 Å². The molecule has 80 valence electrons. The van der Waals surface area contributed by atoms with Crippen molar-refractivity contribution in [2.24, 2.45) is 17.3 Å². The number of hydrogen-bond donors (Lipinski definition) is 2. The molecule has 2 nitrogen and oxygen atoms in total. The van der Waals surface area contributed by atoms with Crippen LogP contribution in [0, 0.1) is 17.3 Å². The molecule has 0 spiro atoms. The van der Waals surface area contributed by atoms with Gasteiger partial charge in [0.1, 0.15) is 5.67 Å². The lowest BCUT2D eigenvalue weighted by Crippen LogP contribution is -2.62. The van der Waals surface area contributed by atoms with Crippen LogP contribution in [0.3, 0.4) is 0 Å². The molecule has 5 atom stereocenters. The van der Waals surface area contributed by atoms with Gasteiger partial charge in [-0.3, -0.25) is 0 Å². The SMILES string of the molecule is OC[C@@]12C[C@H]3C[C@@H](C1)C(O)[C@](F)(C3)C2. The van der Waals surface area contributed by atoms with E-state index in [1.165, 1.54) is 0 Å². The van der Waals surface area contributed by atoms with Crippen LogP contribution in [0.1, 0.15) is 32.1 Å². The summed E-state index contributed by atoms with van der Waals surface area (Å²) in [6.45, 7) is 0.0956. The monoisotopic (exact) mass is 200 g/mol. The van der Waals surface area contributed by atoms with E-state index in [0.29, 0.717) is 18.8 Å². The predicted molar refractivity (Wildman–Crippen MR) is 49.4 cm³/mol. The number of hydrogen-bond acceptors (Lipinski definition) is 2. The third-order valence-electron chi connectivity index (χ3n) is 4.66. The van der Waals surface area contributed by atoms with Crippen LogP contribution in [0.15, 0.2) is 0 Å². The van der Waals surface area contributed by atoms with Crippen molar-refractivity contribution in [1.29, 1.82) is 0 Å². The van der Waals surface area contributed by atoms with E-state index in [1.807, 2.05) is 0 Å². The second kappa shape index (κ2) is 2.50. The quantitative estimate of drug-likeness (QED) is 0.669. The Hall–Kier alpha value is -0.150. The zero-order valence-corrected chi connectivity index (χ0v) is 8.25. The summed E-state index contributed by atoms with van der Waals surface area (Å²) < 4.78 is 14.3. The second-order valence-corrected chi connectivity index (χ2v) is 5.79. The van der Waals surface area contributed by atoms with Gasteiger partial charge in [-0.2, -0.15) is 0 Å². The second-order valence-electron chi connectivity index (χ2n) is 5.79. The molecular weight excluding hydrogens is 183 g/mol. The van der Waals surface area contributed by atoms with Gasteiger partial charge in [-0.25, -0.2) is 4.39 Å². The molecule has 14 heavy (non-hydrogen) atoms. The Morgan fingerprint density at radius 2 is 2.07 bits per heavy atom. The highest BCUT2D eigenvalue weighted by atomic mass is 19.1. The Bertz CT molecular complexity index is 264. The van der Waals surface area contributed by atoms with Crippen LogP contribution in [0.5, 0.6) is 0 Å². The summed E-state index contributed by atoms with van der Waals surface area (Å²) in [4.78, 5) is 0. The van der Waals surface area contributed by atoms with E-state index in [1.54, 1.807) is 0 Å². The molecule has 4 fully saturated rings. The molecule has 0 amide bonds. The largest absolute Gasteiger partial charge is 0.396 e. The van der Waals surface area contributed by atoms with E-state index in [0.717, 1.165) is 19.3 Å². The highest BCUT2D eigenvalue weighted by Crippen LogP contribution is 2.62. The average Bonchev–Trinajstić information content (AvgIpc) is 2.12. The Morgan fingerprint density at radius 3 is 2.71 bits per heavy atom. The van der Waals surface area contributed by atoms with E-state index >= 15 is 0 Å². The van der Waals surface area contributed by atoms with E-state index in [-0.39, 0.29) is 17.9 Å². The van der Waals surface area contributed by atoms with Gasteiger partial charge in [-0.1, -0.05) is 0 Å². The number of halogens is 1. The Morgan fingerprint density at radius 1 is 1.29 bits per heavy atom. The van der Waals surface area contributed by atoms with Crippen molar-refractivity contribution in [2.45, 2.75) is 43.9 Å².